The van der Waals surface area contributed by atoms with Crippen LogP contribution in [0.15, 0.2) is 30.3 Å². The lowest BCUT2D eigenvalue weighted by Crippen LogP contribution is -2.41. The Labute approximate surface area is 101 Å². The number of nitrogens with zero attached hydrogens (tertiary/aromatic N) is 1. The van der Waals surface area contributed by atoms with Crippen molar-refractivity contribution in [1.29, 1.82) is 0 Å². The molecule has 17 heavy (non-hydrogen) atoms. The average Bonchev–Trinajstić information content (AvgIpc) is 3.20. The second kappa shape index (κ2) is 4.49. The van der Waals surface area contributed by atoms with Crippen LogP contribution in [0.1, 0.15) is 17.9 Å². The molecule has 1 aromatic rings. The third-order valence-electron chi connectivity index (χ3n) is 3.66. The van der Waals surface area contributed by atoms with Crippen molar-refractivity contribution in [2.24, 2.45) is 5.92 Å². The van der Waals surface area contributed by atoms with Crippen LogP contribution in [0.4, 0.5) is 0 Å². The van der Waals surface area contributed by atoms with E-state index in [1.807, 2.05) is 23.1 Å². The summed E-state index contributed by atoms with van der Waals surface area (Å²) in [5, 5.41) is 0. The number of hydrogen-bond donors (Lipinski definition) is 0. The molecule has 1 saturated heterocycles. The van der Waals surface area contributed by atoms with Crippen LogP contribution in [-0.4, -0.2) is 37.1 Å². The van der Waals surface area contributed by atoms with E-state index in [2.05, 4.69) is 12.1 Å². The lowest BCUT2D eigenvalue weighted by Gasteiger charge is -2.27. The van der Waals surface area contributed by atoms with Gasteiger partial charge >= 0.3 is 0 Å². The molecule has 2 fully saturated rings. The molecule has 3 rings (SSSR count). The molecular weight excluding hydrogens is 214 g/mol. The van der Waals surface area contributed by atoms with Gasteiger partial charge in [-0.05, 0) is 17.9 Å². The normalized spacial score (nSPS) is 27.9. The highest BCUT2D eigenvalue weighted by Crippen LogP contribution is 2.48. The lowest BCUT2D eigenvalue weighted by molar-refractivity contribution is -0.136. The lowest BCUT2D eigenvalue weighted by atomic mass is 10.1. The maximum Gasteiger partial charge on any atom is 0.226 e. The van der Waals surface area contributed by atoms with Gasteiger partial charge in [-0.15, -0.1) is 0 Å². The summed E-state index contributed by atoms with van der Waals surface area (Å²) in [6, 6.07) is 10.4. The molecule has 0 N–H and O–H groups in total. The van der Waals surface area contributed by atoms with E-state index in [4.69, 9.17) is 4.74 Å². The largest absolute Gasteiger partial charge is 0.378 e. The fourth-order valence-electron chi connectivity index (χ4n) is 2.55. The predicted octanol–water partition coefficient (Wildman–Crippen LogP) is 1.65. The highest BCUT2D eigenvalue weighted by Gasteiger charge is 2.45. The zero-order chi connectivity index (χ0) is 11.7. The van der Waals surface area contributed by atoms with Gasteiger partial charge in [0.15, 0.2) is 0 Å². The van der Waals surface area contributed by atoms with Gasteiger partial charge in [0.05, 0.1) is 13.2 Å². The second-order valence-corrected chi connectivity index (χ2v) is 4.80. The molecule has 0 bridgehead atoms. The predicted molar refractivity (Wildman–Crippen MR) is 64.7 cm³/mol. The van der Waals surface area contributed by atoms with Gasteiger partial charge in [0.2, 0.25) is 5.91 Å². The van der Waals surface area contributed by atoms with Crippen molar-refractivity contribution in [2.75, 3.05) is 26.3 Å². The summed E-state index contributed by atoms with van der Waals surface area (Å²) in [5.74, 6) is 0.990. The monoisotopic (exact) mass is 231 g/mol. The first kappa shape index (κ1) is 10.8. The summed E-state index contributed by atoms with van der Waals surface area (Å²) < 4.78 is 5.27. The molecule has 0 aromatic heterocycles. The Hall–Kier alpha value is -1.35. The maximum atomic E-state index is 12.2. The molecule has 1 aliphatic carbocycles. The van der Waals surface area contributed by atoms with Crippen LogP contribution < -0.4 is 0 Å². The Morgan fingerprint density at radius 3 is 2.59 bits per heavy atom. The molecule has 1 aliphatic heterocycles. The van der Waals surface area contributed by atoms with Crippen molar-refractivity contribution >= 4 is 5.91 Å². The number of hydrogen-bond acceptors (Lipinski definition) is 2. The maximum absolute atomic E-state index is 12.2. The van der Waals surface area contributed by atoms with E-state index in [0.29, 0.717) is 25.0 Å². The number of benzene rings is 1. The molecule has 0 spiro atoms. The Morgan fingerprint density at radius 1 is 1.18 bits per heavy atom. The Kier molecular flexibility index (Phi) is 2.85. The molecule has 1 amide bonds. The first-order valence-electron chi connectivity index (χ1n) is 6.28. The summed E-state index contributed by atoms with van der Waals surface area (Å²) in [6.07, 6.45) is 1.01. The number of carbonyl (C=O) groups is 1. The summed E-state index contributed by atoms with van der Waals surface area (Å²) in [4.78, 5) is 14.2. The highest BCUT2D eigenvalue weighted by molar-refractivity contribution is 5.83. The van der Waals surface area contributed by atoms with E-state index < -0.39 is 0 Å². The van der Waals surface area contributed by atoms with E-state index in [1.54, 1.807) is 0 Å². The standard InChI is InChI=1S/C14H17NO2/c16-14(15-6-8-17-9-7-15)13-10-12(13)11-4-2-1-3-5-11/h1-5,12-13H,6-10H2/t12-,13+/m0/s1. The van der Waals surface area contributed by atoms with Gasteiger partial charge in [0.25, 0.3) is 0 Å². The first-order valence-corrected chi connectivity index (χ1v) is 6.28. The van der Waals surface area contributed by atoms with E-state index in [1.165, 1.54) is 5.56 Å². The van der Waals surface area contributed by atoms with Gasteiger partial charge in [-0.25, -0.2) is 0 Å². The molecule has 1 saturated carbocycles. The number of carbonyl (C=O) groups excluding carboxylic acids is 1. The molecule has 3 heteroatoms. The van der Waals surface area contributed by atoms with E-state index in [0.717, 1.165) is 19.5 Å². The minimum atomic E-state index is 0.218. The van der Waals surface area contributed by atoms with E-state index in [9.17, 15) is 4.79 Å². The quantitative estimate of drug-likeness (QED) is 0.774. The molecule has 1 aromatic carbocycles. The molecule has 1 heterocycles. The zero-order valence-corrected chi connectivity index (χ0v) is 9.84. The van der Waals surface area contributed by atoms with Crippen LogP contribution in [0, 0.1) is 5.92 Å². The minimum Gasteiger partial charge on any atom is -0.378 e. The summed E-state index contributed by atoms with van der Waals surface area (Å²) in [5.41, 5.74) is 1.30. The number of morpholine rings is 1. The smallest absolute Gasteiger partial charge is 0.226 e. The van der Waals surface area contributed by atoms with Crippen molar-refractivity contribution in [2.45, 2.75) is 12.3 Å². The fraction of sp³-hybridized carbons (Fsp3) is 0.500. The summed E-state index contributed by atoms with van der Waals surface area (Å²) in [6.45, 7) is 2.90. The Morgan fingerprint density at radius 2 is 1.88 bits per heavy atom. The molecule has 3 nitrogen and oxygen atoms in total. The SMILES string of the molecule is O=C([C@@H]1C[C@H]1c1ccccc1)N1CCOCC1. The molecule has 2 aliphatic rings. The average molecular weight is 231 g/mol. The van der Waals surface area contributed by atoms with Crippen LogP contribution in [0.25, 0.3) is 0 Å². The van der Waals surface area contributed by atoms with Crippen LogP contribution in [0.5, 0.6) is 0 Å². The zero-order valence-electron chi connectivity index (χ0n) is 9.84. The molecule has 90 valence electrons. The number of ether oxygens (including phenoxy) is 1. The van der Waals surface area contributed by atoms with Crippen LogP contribution in [0.3, 0.4) is 0 Å². The van der Waals surface area contributed by atoms with Crippen molar-refractivity contribution < 1.29 is 9.53 Å². The second-order valence-electron chi connectivity index (χ2n) is 4.80. The van der Waals surface area contributed by atoms with Gasteiger partial charge in [0, 0.05) is 19.0 Å². The summed E-state index contributed by atoms with van der Waals surface area (Å²) in [7, 11) is 0. The van der Waals surface area contributed by atoms with Gasteiger partial charge in [-0.1, -0.05) is 30.3 Å². The van der Waals surface area contributed by atoms with E-state index >= 15 is 0 Å². The van der Waals surface area contributed by atoms with Crippen molar-refractivity contribution in [3.8, 4) is 0 Å². The Bertz CT molecular complexity index is 398. The fourth-order valence-corrected chi connectivity index (χ4v) is 2.55. The van der Waals surface area contributed by atoms with Crippen LogP contribution in [-0.2, 0) is 9.53 Å². The van der Waals surface area contributed by atoms with Crippen molar-refractivity contribution in [3.63, 3.8) is 0 Å². The van der Waals surface area contributed by atoms with Crippen LogP contribution >= 0.6 is 0 Å². The Balaban J connectivity index is 1.62. The third-order valence-corrected chi connectivity index (χ3v) is 3.66. The number of rotatable bonds is 2. The number of amides is 1. The van der Waals surface area contributed by atoms with Crippen molar-refractivity contribution in [1.82, 2.24) is 4.90 Å². The topological polar surface area (TPSA) is 29.5 Å². The van der Waals surface area contributed by atoms with Crippen LogP contribution in [0.2, 0.25) is 0 Å². The van der Waals surface area contributed by atoms with Gasteiger partial charge in [0.1, 0.15) is 0 Å². The third kappa shape index (κ3) is 2.20. The first-order chi connectivity index (χ1) is 8.36. The highest BCUT2D eigenvalue weighted by atomic mass is 16.5. The van der Waals surface area contributed by atoms with E-state index in [-0.39, 0.29) is 5.92 Å². The molecule has 0 radical (unpaired) electrons. The minimum absolute atomic E-state index is 0.218. The molecule has 2 atom stereocenters. The molecule has 0 unspecified atom stereocenters. The van der Waals surface area contributed by atoms with Gasteiger partial charge in [-0.2, -0.15) is 0 Å². The van der Waals surface area contributed by atoms with Crippen molar-refractivity contribution in [3.05, 3.63) is 35.9 Å². The van der Waals surface area contributed by atoms with Gasteiger partial charge < -0.3 is 9.64 Å². The summed E-state index contributed by atoms with van der Waals surface area (Å²) >= 11 is 0. The van der Waals surface area contributed by atoms with Gasteiger partial charge in [-0.3, -0.25) is 4.79 Å². The molecular formula is C14H17NO2.